The molecule has 3 aromatic carbocycles. The second kappa shape index (κ2) is 12.7. The second-order valence-corrected chi connectivity index (χ2v) is 10.7. The first kappa shape index (κ1) is 28.1. The number of likely N-dealkylation sites (N-methyl/N-ethyl adjacent to an activating group) is 1. The molecule has 2 amide bonds. The highest BCUT2D eigenvalue weighted by molar-refractivity contribution is 7.92. The average Bonchev–Trinajstić information content (AvgIpc) is 2.86. The van der Waals surface area contributed by atoms with Crippen LogP contribution in [0.5, 0.6) is 0 Å². The van der Waals surface area contributed by atoms with Gasteiger partial charge in [0, 0.05) is 24.5 Å². The van der Waals surface area contributed by atoms with Gasteiger partial charge < -0.3 is 10.2 Å². The van der Waals surface area contributed by atoms with Crippen molar-refractivity contribution in [1.29, 1.82) is 0 Å². The van der Waals surface area contributed by atoms with Gasteiger partial charge in [-0.1, -0.05) is 72.3 Å². The molecule has 0 bridgehead atoms. The first-order valence-electron chi connectivity index (χ1n) is 11.7. The van der Waals surface area contributed by atoms with E-state index in [1.54, 1.807) is 31.2 Å². The van der Waals surface area contributed by atoms with Gasteiger partial charge in [0.2, 0.25) is 21.8 Å². The minimum Gasteiger partial charge on any atom is -0.355 e. The SMILES string of the molecule is CCNC(=O)[C@H](Cc1ccccc1)N(Cc1ccccc1Cl)C(=O)CN(c1ccccc1F)S(C)(=O)=O. The lowest BCUT2D eigenvalue weighted by atomic mass is 10.0. The number of nitrogens with zero attached hydrogens (tertiary/aromatic N) is 2. The van der Waals surface area contributed by atoms with Crippen LogP contribution in [0.1, 0.15) is 18.1 Å². The van der Waals surface area contributed by atoms with Gasteiger partial charge in [0.25, 0.3) is 0 Å². The van der Waals surface area contributed by atoms with Gasteiger partial charge in [0.15, 0.2) is 0 Å². The van der Waals surface area contributed by atoms with E-state index < -0.39 is 40.2 Å². The summed E-state index contributed by atoms with van der Waals surface area (Å²) in [5.41, 5.74) is 1.13. The number of carbonyl (C=O) groups is 2. The van der Waals surface area contributed by atoms with Gasteiger partial charge in [0.1, 0.15) is 18.4 Å². The third-order valence-corrected chi connectivity index (χ3v) is 7.22. The minimum atomic E-state index is -4.05. The highest BCUT2D eigenvalue weighted by atomic mass is 35.5. The van der Waals surface area contributed by atoms with Gasteiger partial charge in [-0.25, -0.2) is 12.8 Å². The zero-order valence-corrected chi connectivity index (χ0v) is 22.2. The molecule has 0 fully saturated rings. The Hall–Kier alpha value is -3.43. The van der Waals surface area contributed by atoms with E-state index in [2.05, 4.69) is 5.32 Å². The van der Waals surface area contributed by atoms with Crippen LogP contribution in [0.15, 0.2) is 78.9 Å². The van der Waals surface area contributed by atoms with Gasteiger partial charge in [-0.3, -0.25) is 13.9 Å². The fraction of sp³-hybridized carbons (Fsp3) is 0.259. The van der Waals surface area contributed by atoms with Gasteiger partial charge >= 0.3 is 0 Å². The van der Waals surface area contributed by atoms with Crippen molar-refractivity contribution in [2.45, 2.75) is 25.9 Å². The Bertz CT molecular complexity index is 1340. The van der Waals surface area contributed by atoms with Crippen LogP contribution in [0, 0.1) is 5.82 Å². The first-order valence-corrected chi connectivity index (χ1v) is 13.9. The molecule has 0 radical (unpaired) electrons. The third kappa shape index (κ3) is 7.53. The second-order valence-electron chi connectivity index (χ2n) is 8.43. The topological polar surface area (TPSA) is 86.8 Å². The largest absolute Gasteiger partial charge is 0.355 e. The van der Waals surface area contributed by atoms with Crippen LogP contribution in [0.4, 0.5) is 10.1 Å². The molecule has 0 unspecified atom stereocenters. The van der Waals surface area contributed by atoms with Crippen LogP contribution in [-0.4, -0.2) is 50.5 Å². The fourth-order valence-electron chi connectivity index (χ4n) is 3.90. The van der Waals surface area contributed by atoms with Crippen molar-refractivity contribution in [2.75, 3.05) is 23.7 Å². The number of hydrogen-bond donors (Lipinski definition) is 1. The Labute approximate surface area is 221 Å². The molecule has 1 atom stereocenters. The molecule has 37 heavy (non-hydrogen) atoms. The number of halogens is 2. The van der Waals surface area contributed by atoms with E-state index in [9.17, 15) is 22.4 Å². The number of benzene rings is 3. The number of anilines is 1. The summed E-state index contributed by atoms with van der Waals surface area (Å²) in [5.74, 6) is -1.87. The van der Waals surface area contributed by atoms with Crippen LogP contribution in [0.25, 0.3) is 0 Å². The van der Waals surface area contributed by atoms with Crippen LogP contribution in [0.2, 0.25) is 5.02 Å². The van der Waals surface area contributed by atoms with Gasteiger partial charge in [0.05, 0.1) is 11.9 Å². The molecule has 0 aliphatic carbocycles. The molecule has 0 saturated carbocycles. The van der Waals surface area contributed by atoms with Crippen molar-refractivity contribution >= 4 is 39.1 Å². The van der Waals surface area contributed by atoms with E-state index in [0.29, 0.717) is 21.4 Å². The number of rotatable bonds is 11. The molecule has 1 N–H and O–H groups in total. The van der Waals surface area contributed by atoms with Crippen molar-refractivity contribution in [2.24, 2.45) is 0 Å². The lowest BCUT2D eigenvalue weighted by Gasteiger charge is -2.33. The first-order chi connectivity index (χ1) is 17.6. The summed E-state index contributed by atoms with van der Waals surface area (Å²) in [4.78, 5) is 28.4. The fourth-order valence-corrected chi connectivity index (χ4v) is 4.95. The predicted molar refractivity (Wildman–Crippen MR) is 143 cm³/mol. The molecule has 10 heteroatoms. The maximum absolute atomic E-state index is 14.6. The van der Waals surface area contributed by atoms with Crippen LogP contribution in [0.3, 0.4) is 0 Å². The lowest BCUT2D eigenvalue weighted by molar-refractivity contribution is -0.140. The minimum absolute atomic E-state index is 0.0536. The molecule has 0 heterocycles. The Morgan fingerprint density at radius 3 is 2.22 bits per heavy atom. The van der Waals surface area contributed by atoms with Crippen molar-refractivity contribution in [3.63, 3.8) is 0 Å². The molecule has 0 spiro atoms. The Kier molecular flexibility index (Phi) is 9.66. The summed E-state index contributed by atoms with van der Waals surface area (Å²) in [6.45, 7) is 1.35. The van der Waals surface area contributed by atoms with Crippen LogP contribution >= 0.6 is 11.6 Å². The number of amides is 2. The molecular formula is C27H29ClFN3O4S. The summed E-state index contributed by atoms with van der Waals surface area (Å²) in [6, 6.07) is 20.4. The molecular weight excluding hydrogens is 517 g/mol. The van der Waals surface area contributed by atoms with Crippen molar-refractivity contribution < 1.29 is 22.4 Å². The van der Waals surface area contributed by atoms with Gasteiger partial charge in [-0.15, -0.1) is 0 Å². The third-order valence-electron chi connectivity index (χ3n) is 5.72. The molecule has 7 nitrogen and oxygen atoms in total. The molecule has 3 rings (SSSR count). The smallest absolute Gasteiger partial charge is 0.244 e. The van der Waals surface area contributed by atoms with E-state index in [-0.39, 0.29) is 18.7 Å². The number of hydrogen-bond acceptors (Lipinski definition) is 4. The molecule has 196 valence electrons. The zero-order valence-electron chi connectivity index (χ0n) is 20.6. The van der Waals surface area contributed by atoms with E-state index in [0.717, 1.165) is 17.9 Å². The number of nitrogens with one attached hydrogen (secondary N) is 1. The van der Waals surface area contributed by atoms with E-state index in [1.165, 1.54) is 23.1 Å². The number of carbonyl (C=O) groups excluding carboxylic acids is 2. The summed E-state index contributed by atoms with van der Waals surface area (Å²) in [5, 5.41) is 3.16. The molecule has 0 aromatic heterocycles. The van der Waals surface area contributed by atoms with Crippen molar-refractivity contribution in [3.8, 4) is 0 Å². The van der Waals surface area contributed by atoms with E-state index in [1.807, 2.05) is 30.3 Å². The highest BCUT2D eigenvalue weighted by Crippen LogP contribution is 2.24. The normalized spacial score (nSPS) is 12.0. The average molecular weight is 546 g/mol. The molecule has 3 aromatic rings. The molecule has 0 aliphatic heterocycles. The van der Waals surface area contributed by atoms with Gasteiger partial charge in [-0.05, 0) is 36.2 Å². The predicted octanol–water partition coefficient (Wildman–Crippen LogP) is 4.02. The van der Waals surface area contributed by atoms with Crippen LogP contribution < -0.4 is 9.62 Å². The monoisotopic (exact) mass is 545 g/mol. The van der Waals surface area contributed by atoms with E-state index >= 15 is 0 Å². The summed E-state index contributed by atoms with van der Waals surface area (Å²) >= 11 is 6.38. The molecule has 0 aliphatic rings. The summed E-state index contributed by atoms with van der Waals surface area (Å²) in [7, 11) is -4.05. The number of para-hydroxylation sites is 1. The summed E-state index contributed by atoms with van der Waals surface area (Å²) in [6.07, 6.45) is 1.08. The van der Waals surface area contributed by atoms with E-state index in [4.69, 9.17) is 11.6 Å². The lowest BCUT2D eigenvalue weighted by Crippen LogP contribution is -2.53. The standard InChI is InChI=1S/C27H29ClFN3O4S/c1-3-30-27(34)25(17-20-11-5-4-6-12-20)31(18-21-13-7-8-14-22(21)28)26(33)19-32(37(2,35)36)24-16-10-9-15-23(24)29/h4-16,25H,3,17-19H2,1-2H3,(H,30,34)/t25-/m0/s1. The number of sulfonamides is 1. The highest BCUT2D eigenvalue weighted by Gasteiger charge is 2.33. The Morgan fingerprint density at radius 2 is 1.59 bits per heavy atom. The maximum atomic E-state index is 14.6. The Morgan fingerprint density at radius 1 is 0.973 bits per heavy atom. The zero-order chi connectivity index (χ0) is 27.0. The van der Waals surface area contributed by atoms with Crippen molar-refractivity contribution in [1.82, 2.24) is 10.2 Å². The quantitative estimate of drug-likeness (QED) is 0.394. The maximum Gasteiger partial charge on any atom is 0.244 e. The molecule has 0 saturated heterocycles. The van der Waals surface area contributed by atoms with Crippen LogP contribution in [-0.2, 0) is 32.6 Å². The Balaban J connectivity index is 2.06. The van der Waals surface area contributed by atoms with Crippen molar-refractivity contribution in [3.05, 3.63) is 101 Å². The summed E-state index contributed by atoms with van der Waals surface area (Å²) < 4.78 is 40.6. The van der Waals surface area contributed by atoms with Gasteiger partial charge in [-0.2, -0.15) is 0 Å².